The van der Waals surface area contributed by atoms with Gasteiger partial charge in [-0.05, 0) is 30.0 Å². The molecule has 2 saturated heterocycles. The van der Waals surface area contributed by atoms with Crippen molar-refractivity contribution in [3.05, 3.63) is 72.8 Å². The third-order valence-electron chi connectivity index (χ3n) is 6.52. The molecule has 6 nitrogen and oxygen atoms in total. The number of carbonyl (C=O) groups is 2. The molecule has 0 radical (unpaired) electrons. The van der Waals surface area contributed by atoms with Gasteiger partial charge in [-0.2, -0.15) is 0 Å². The van der Waals surface area contributed by atoms with Crippen LogP contribution in [0.4, 0.5) is 0 Å². The molecule has 0 saturated carbocycles. The van der Waals surface area contributed by atoms with Gasteiger partial charge in [0.1, 0.15) is 0 Å². The Morgan fingerprint density at radius 3 is 2.47 bits per heavy atom. The fourth-order valence-corrected chi connectivity index (χ4v) is 4.63. The summed E-state index contributed by atoms with van der Waals surface area (Å²) in [5.74, 6) is -0.154. The Hall–Kier alpha value is -2.96. The Bertz CT molecular complexity index is 944. The van der Waals surface area contributed by atoms with Gasteiger partial charge >= 0.3 is 0 Å². The predicted molar refractivity (Wildman–Crippen MR) is 127 cm³/mol. The zero-order valence-electron chi connectivity index (χ0n) is 18.7. The zero-order chi connectivity index (χ0) is 22.5. The van der Waals surface area contributed by atoms with E-state index in [0.717, 1.165) is 11.1 Å². The number of hydrogen-bond donors (Lipinski definition) is 2. The number of rotatable bonds is 6. The smallest absolute Gasteiger partial charge is 0.228 e. The van der Waals surface area contributed by atoms with Crippen LogP contribution in [0.25, 0.3) is 11.1 Å². The lowest BCUT2D eigenvalue weighted by molar-refractivity contribution is -0.136. The molecule has 2 aliphatic rings. The average molecular weight is 433 g/mol. The van der Waals surface area contributed by atoms with Gasteiger partial charge in [-0.25, -0.2) is 0 Å². The SMILES string of the molecule is C=CCN1CCN(C(=O)C2CNNC2C)CC(Cc2ccc(-c3ccccc3)cc2)C1=O. The summed E-state index contributed by atoms with van der Waals surface area (Å²) < 4.78 is 0. The third kappa shape index (κ3) is 4.92. The zero-order valence-corrected chi connectivity index (χ0v) is 18.7. The second-order valence-electron chi connectivity index (χ2n) is 8.74. The molecular weight excluding hydrogens is 400 g/mol. The summed E-state index contributed by atoms with van der Waals surface area (Å²) in [5.41, 5.74) is 9.63. The van der Waals surface area contributed by atoms with E-state index in [0.29, 0.717) is 39.1 Å². The topological polar surface area (TPSA) is 64.7 Å². The molecule has 168 valence electrons. The third-order valence-corrected chi connectivity index (χ3v) is 6.52. The monoisotopic (exact) mass is 432 g/mol. The predicted octanol–water partition coefficient (Wildman–Crippen LogP) is 2.48. The molecular formula is C26H32N4O2. The van der Waals surface area contributed by atoms with Crippen LogP contribution >= 0.6 is 0 Å². The van der Waals surface area contributed by atoms with Crippen LogP contribution in [0, 0.1) is 11.8 Å². The van der Waals surface area contributed by atoms with Crippen molar-refractivity contribution in [2.24, 2.45) is 11.8 Å². The van der Waals surface area contributed by atoms with Crippen molar-refractivity contribution in [2.75, 3.05) is 32.7 Å². The molecule has 3 unspecified atom stereocenters. The lowest BCUT2D eigenvalue weighted by Crippen LogP contribution is -2.44. The van der Waals surface area contributed by atoms with Crippen molar-refractivity contribution in [2.45, 2.75) is 19.4 Å². The first kappa shape index (κ1) is 22.2. The fraction of sp³-hybridized carbons (Fsp3) is 0.385. The normalized spacial score (nSPS) is 23.8. The Morgan fingerprint density at radius 2 is 1.81 bits per heavy atom. The molecule has 2 N–H and O–H groups in total. The molecule has 2 aromatic carbocycles. The van der Waals surface area contributed by atoms with Crippen LogP contribution < -0.4 is 10.9 Å². The van der Waals surface area contributed by atoms with Crippen LogP contribution in [0.2, 0.25) is 0 Å². The molecule has 32 heavy (non-hydrogen) atoms. The fourth-order valence-electron chi connectivity index (χ4n) is 4.63. The molecule has 2 aromatic rings. The Kier molecular flexibility index (Phi) is 7.02. The number of hydrazine groups is 1. The Balaban J connectivity index is 1.51. The van der Waals surface area contributed by atoms with Crippen molar-refractivity contribution in [3.63, 3.8) is 0 Å². The van der Waals surface area contributed by atoms with Crippen molar-refractivity contribution in [1.29, 1.82) is 0 Å². The first-order valence-corrected chi connectivity index (χ1v) is 11.4. The Morgan fingerprint density at radius 1 is 1.09 bits per heavy atom. The van der Waals surface area contributed by atoms with Gasteiger partial charge in [0, 0.05) is 38.8 Å². The summed E-state index contributed by atoms with van der Waals surface area (Å²) in [6.07, 6.45) is 2.37. The quantitative estimate of drug-likeness (QED) is 0.689. The number of hydrogen-bond acceptors (Lipinski definition) is 4. The summed E-state index contributed by atoms with van der Waals surface area (Å²) in [6.45, 7) is 8.50. The first-order valence-electron chi connectivity index (χ1n) is 11.4. The van der Waals surface area contributed by atoms with E-state index in [1.807, 2.05) is 34.9 Å². The van der Waals surface area contributed by atoms with Crippen molar-refractivity contribution in [3.8, 4) is 11.1 Å². The van der Waals surface area contributed by atoms with E-state index in [9.17, 15) is 9.59 Å². The highest BCUT2D eigenvalue weighted by Gasteiger charge is 2.37. The van der Waals surface area contributed by atoms with E-state index in [1.165, 1.54) is 5.56 Å². The number of carbonyl (C=O) groups excluding carboxylic acids is 2. The van der Waals surface area contributed by atoms with Crippen LogP contribution in [0.3, 0.4) is 0 Å². The molecule has 0 spiro atoms. The number of benzene rings is 2. The lowest BCUT2D eigenvalue weighted by atomic mass is 9.95. The molecule has 2 fully saturated rings. The minimum Gasteiger partial charge on any atom is -0.340 e. The van der Waals surface area contributed by atoms with Gasteiger partial charge < -0.3 is 9.80 Å². The van der Waals surface area contributed by atoms with Crippen molar-refractivity contribution >= 4 is 11.8 Å². The van der Waals surface area contributed by atoms with Gasteiger partial charge in [0.25, 0.3) is 0 Å². The standard InChI is InChI=1S/C26H32N4O2/c1-3-13-29-14-15-30(26(32)24-17-27-28-19(24)2)18-23(25(29)31)16-20-9-11-22(12-10-20)21-7-5-4-6-8-21/h3-12,19,23-24,27-28H,1,13-18H2,2H3. The molecule has 4 rings (SSSR count). The van der Waals surface area contributed by atoms with Gasteiger partial charge in [0.2, 0.25) is 11.8 Å². The highest BCUT2D eigenvalue weighted by atomic mass is 16.2. The average Bonchev–Trinajstić information content (AvgIpc) is 3.19. The van der Waals surface area contributed by atoms with Crippen LogP contribution in [-0.2, 0) is 16.0 Å². The largest absolute Gasteiger partial charge is 0.340 e. The summed E-state index contributed by atoms with van der Waals surface area (Å²) in [5, 5.41) is 0. The van der Waals surface area contributed by atoms with E-state index in [-0.39, 0.29) is 29.7 Å². The van der Waals surface area contributed by atoms with Gasteiger partial charge in [0.15, 0.2) is 0 Å². The van der Waals surface area contributed by atoms with Crippen LogP contribution in [0.15, 0.2) is 67.3 Å². The van der Waals surface area contributed by atoms with Crippen molar-refractivity contribution in [1.82, 2.24) is 20.7 Å². The van der Waals surface area contributed by atoms with E-state index in [1.54, 1.807) is 6.08 Å². The molecule has 6 heteroatoms. The molecule has 3 atom stereocenters. The van der Waals surface area contributed by atoms with Crippen LogP contribution in [0.1, 0.15) is 12.5 Å². The van der Waals surface area contributed by atoms with Gasteiger partial charge in [0.05, 0.1) is 11.8 Å². The minimum absolute atomic E-state index is 0.0784. The maximum absolute atomic E-state index is 13.3. The van der Waals surface area contributed by atoms with Crippen molar-refractivity contribution < 1.29 is 9.59 Å². The highest BCUT2D eigenvalue weighted by molar-refractivity contribution is 5.84. The number of nitrogens with zero attached hydrogens (tertiary/aromatic N) is 2. The molecule has 0 aliphatic carbocycles. The maximum Gasteiger partial charge on any atom is 0.228 e. The molecule has 0 bridgehead atoms. The highest BCUT2D eigenvalue weighted by Crippen LogP contribution is 2.23. The maximum atomic E-state index is 13.3. The molecule has 2 amide bonds. The summed E-state index contributed by atoms with van der Waals surface area (Å²) in [6, 6.07) is 18.7. The minimum atomic E-state index is -0.262. The second-order valence-corrected chi connectivity index (χ2v) is 8.74. The van der Waals surface area contributed by atoms with Gasteiger partial charge in [-0.1, -0.05) is 60.7 Å². The van der Waals surface area contributed by atoms with E-state index in [4.69, 9.17) is 0 Å². The molecule has 0 aromatic heterocycles. The molecule has 2 aliphatic heterocycles. The van der Waals surface area contributed by atoms with E-state index >= 15 is 0 Å². The van der Waals surface area contributed by atoms with E-state index < -0.39 is 0 Å². The van der Waals surface area contributed by atoms with Gasteiger partial charge in [-0.15, -0.1) is 6.58 Å². The first-order chi connectivity index (χ1) is 15.6. The summed E-state index contributed by atoms with van der Waals surface area (Å²) in [7, 11) is 0. The van der Waals surface area contributed by atoms with Crippen LogP contribution in [-0.4, -0.2) is 60.4 Å². The summed E-state index contributed by atoms with van der Waals surface area (Å²) >= 11 is 0. The van der Waals surface area contributed by atoms with E-state index in [2.05, 4.69) is 53.8 Å². The number of nitrogens with one attached hydrogen (secondary N) is 2. The van der Waals surface area contributed by atoms with Crippen LogP contribution in [0.5, 0.6) is 0 Å². The molecule has 2 heterocycles. The Labute approximate surface area is 190 Å². The summed E-state index contributed by atoms with van der Waals surface area (Å²) in [4.78, 5) is 30.2. The van der Waals surface area contributed by atoms with Gasteiger partial charge in [-0.3, -0.25) is 20.4 Å². The second kappa shape index (κ2) is 10.1. The number of amides is 2. The lowest BCUT2D eigenvalue weighted by Gasteiger charge is -2.27.